The molecule has 1 aliphatic rings. The first-order valence-corrected chi connectivity index (χ1v) is 6.68. The minimum Gasteiger partial charge on any atom is -0.482 e. The number of amides is 1. The van der Waals surface area contributed by atoms with Gasteiger partial charge in [-0.3, -0.25) is 4.79 Å². The summed E-state index contributed by atoms with van der Waals surface area (Å²) in [4.78, 5) is 13.8. The van der Waals surface area contributed by atoms with Crippen LogP contribution in [0.5, 0.6) is 5.75 Å². The fraction of sp³-hybridized carbons (Fsp3) is 0.188. The zero-order valence-corrected chi connectivity index (χ0v) is 11.4. The first-order chi connectivity index (χ1) is 10.2. The monoisotopic (exact) mass is 286 g/mol. The Morgan fingerprint density at radius 2 is 2.00 bits per heavy atom. The van der Waals surface area contributed by atoms with Gasteiger partial charge in [0.15, 0.2) is 6.61 Å². The van der Waals surface area contributed by atoms with E-state index in [1.165, 1.54) is 12.1 Å². The second kappa shape index (κ2) is 5.54. The van der Waals surface area contributed by atoms with Crippen molar-refractivity contribution in [2.24, 2.45) is 5.73 Å². The van der Waals surface area contributed by atoms with Gasteiger partial charge in [-0.2, -0.15) is 0 Å². The highest BCUT2D eigenvalue weighted by atomic mass is 19.1. The second-order valence-corrected chi connectivity index (χ2v) is 4.85. The van der Waals surface area contributed by atoms with Crippen molar-refractivity contribution < 1.29 is 13.9 Å². The average molecular weight is 286 g/mol. The van der Waals surface area contributed by atoms with Gasteiger partial charge in [-0.05, 0) is 35.4 Å². The van der Waals surface area contributed by atoms with Gasteiger partial charge in [0.05, 0.1) is 12.2 Å². The van der Waals surface area contributed by atoms with Crippen LogP contribution in [0, 0.1) is 5.82 Å². The molecule has 21 heavy (non-hydrogen) atoms. The molecule has 2 aromatic rings. The number of hydrogen-bond acceptors (Lipinski definition) is 3. The Bertz CT molecular complexity index is 688. The van der Waals surface area contributed by atoms with Crippen LogP contribution in [0.25, 0.3) is 0 Å². The number of nitrogens with zero attached hydrogens (tertiary/aromatic N) is 1. The van der Waals surface area contributed by atoms with E-state index in [9.17, 15) is 9.18 Å². The molecular formula is C16H15FN2O2. The van der Waals surface area contributed by atoms with Gasteiger partial charge < -0.3 is 15.4 Å². The molecule has 3 rings (SSSR count). The number of para-hydroxylation sites is 2. The third-order valence-corrected chi connectivity index (χ3v) is 3.52. The van der Waals surface area contributed by atoms with Gasteiger partial charge in [0.1, 0.15) is 11.6 Å². The predicted molar refractivity (Wildman–Crippen MR) is 77.4 cm³/mol. The van der Waals surface area contributed by atoms with Crippen LogP contribution in [0.15, 0.2) is 42.5 Å². The molecule has 5 heteroatoms. The number of carbonyl (C=O) groups excluding carboxylic acids is 1. The Labute approximate surface area is 121 Å². The molecule has 0 atom stereocenters. The van der Waals surface area contributed by atoms with E-state index in [4.69, 9.17) is 10.5 Å². The first-order valence-electron chi connectivity index (χ1n) is 6.68. The van der Waals surface area contributed by atoms with Crippen molar-refractivity contribution in [1.29, 1.82) is 0 Å². The molecule has 0 aromatic heterocycles. The van der Waals surface area contributed by atoms with E-state index >= 15 is 0 Å². The normalized spacial score (nSPS) is 13.8. The lowest BCUT2D eigenvalue weighted by atomic mass is 10.1. The van der Waals surface area contributed by atoms with Gasteiger partial charge in [-0.1, -0.05) is 18.2 Å². The van der Waals surface area contributed by atoms with Crippen molar-refractivity contribution in [3.63, 3.8) is 0 Å². The van der Waals surface area contributed by atoms with Crippen LogP contribution >= 0.6 is 0 Å². The molecule has 0 spiro atoms. The quantitative estimate of drug-likeness (QED) is 0.941. The lowest BCUT2D eigenvalue weighted by molar-refractivity contribution is -0.121. The molecule has 1 amide bonds. The number of fused-ring (bicyclic) bond motifs is 1. The number of anilines is 1. The van der Waals surface area contributed by atoms with E-state index in [1.54, 1.807) is 11.0 Å². The number of carbonyl (C=O) groups is 1. The van der Waals surface area contributed by atoms with Crippen LogP contribution in [0.3, 0.4) is 0 Å². The molecule has 0 unspecified atom stereocenters. The van der Waals surface area contributed by atoms with E-state index < -0.39 is 0 Å². The van der Waals surface area contributed by atoms with Gasteiger partial charge in [0.2, 0.25) is 0 Å². The number of benzene rings is 2. The van der Waals surface area contributed by atoms with Crippen LogP contribution in [-0.2, 0) is 17.9 Å². The molecular weight excluding hydrogens is 271 g/mol. The van der Waals surface area contributed by atoms with E-state index in [0.717, 1.165) is 11.3 Å². The zero-order valence-electron chi connectivity index (χ0n) is 11.4. The molecule has 4 nitrogen and oxygen atoms in total. The summed E-state index contributed by atoms with van der Waals surface area (Å²) in [7, 11) is 0. The molecule has 0 bridgehead atoms. The van der Waals surface area contributed by atoms with Gasteiger partial charge in [0, 0.05) is 6.54 Å². The van der Waals surface area contributed by atoms with Crippen LogP contribution in [0.4, 0.5) is 10.1 Å². The zero-order chi connectivity index (χ0) is 14.8. The third-order valence-electron chi connectivity index (χ3n) is 3.52. The average Bonchev–Trinajstić information content (AvgIpc) is 2.51. The van der Waals surface area contributed by atoms with E-state index in [2.05, 4.69) is 0 Å². The van der Waals surface area contributed by atoms with Gasteiger partial charge >= 0.3 is 0 Å². The van der Waals surface area contributed by atoms with Crippen molar-refractivity contribution in [2.45, 2.75) is 13.1 Å². The number of halogens is 1. The van der Waals surface area contributed by atoms with Crippen molar-refractivity contribution in [1.82, 2.24) is 0 Å². The summed E-state index contributed by atoms with van der Waals surface area (Å²) >= 11 is 0. The summed E-state index contributed by atoms with van der Waals surface area (Å²) in [6.45, 7) is 0.593. The molecule has 0 saturated heterocycles. The largest absolute Gasteiger partial charge is 0.482 e. The Morgan fingerprint density at radius 3 is 2.81 bits per heavy atom. The highest BCUT2D eigenvalue weighted by Gasteiger charge is 2.25. The molecule has 2 aromatic carbocycles. The Kier molecular flexibility index (Phi) is 3.58. The van der Waals surface area contributed by atoms with Gasteiger partial charge in [-0.25, -0.2) is 4.39 Å². The lowest BCUT2D eigenvalue weighted by Gasteiger charge is -2.29. The Morgan fingerprint density at radius 1 is 1.19 bits per heavy atom. The van der Waals surface area contributed by atoms with Crippen molar-refractivity contribution in [3.05, 3.63) is 59.4 Å². The number of nitrogens with two attached hydrogens (primary N) is 1. The standard InChI is InChI=1S/C16H15FN2O2/c17-13-6-5-11(12(7-13)8-18)9-19-14-3-1-2-4-15(14)21-10-16(19)20/h1-7H,8-10,18H2. The van der Waals surface area contributed by atoms with Gasteiger partial charge in [0.25, 0.3) is 5.91 Å². The second-order valence-electron chi connectivity index (χ2n) is 4.85. The third kappa shape index (κ3) is 2.60. The Hall–Kier alpha value is -2.40. The highest BCUT2D eigenvalue weighted by molar-refractivity contribution is 5.97. The minimum absolute atomic E-state index is 0.0101. The molecule has 0 radical (unpaired) electrons. The fourth-order valence-electron chi connectivity index (χ4n) is 2.44. The minimum atomic E-state index is -0.326. The topological polar surface area (TPSA) is 55.6 Å². The summed E-state index contributed by atoms with van der Waals surface area (Å²) in [6.07, 6.45) is 0. The predicted octanol–water partition coefficient (Wildman–Crippen LogP) is 2.21. The van der Waals surface area contributed by atoms with Crippen LogP contribution in [-0.4, -0.2) is 12.5 Å². The molecule has 1 heterocycles. The summed E-state index contributed by atoms with van der Waals surface area (Å²) in [5.74, 6) is 0.224. The van der Waals surface area contributed by atoms with Crippen molar-refractivity contribution in [2.75, 3.05) is 11.5 Å². The Balaban J connectivity index is 1.96. The summed E-state index contributed by atoms with van der Waals surface area (Å²) in [5.41, 5.74) is 7.92. The van der Waals surface area contributed by atoms with Crippen molar-refractivity contribution >= 4 is 11.6 Å². The number of rotatable bonds is 3. The SMILES string of the molecule is NCc1cc(F)ccc1CN1C(=O)COc2ccccc21. The maximum absolute atomic E-state index is 13.3. The maximum Gasteiger partial charge on any atom is 0.265 e. The number of ether oxygens (including phenoxy) is 1. The summed E-state index contributed by atoms with van der Waals surface area (Å²) in [6, 6.07) is 11.8. The smallest absolute Gasteiger partial charge is 0.265 e. The summed E-state index contributed by atoms with van der Waals surface area (Å²) < 4.78 is 18.7. The summed E-state index contributed by atoms with van der Waals surface area (Å²) in [5, 5.41) is 0. The van der Waals surface area contributed by atoms with E-state index in [-0.39, 0.29) is 24.9 Å². The molecule has 0 fully saturated rings. The molecule has 108 valence electrons. The van der Waals surface area contributed by atoms with Crippen molar-refractivity contribution in [3.8, 4) is 5.75 Å². The molecule has 0 saturated carbocycles. The van der Waals surface area contributed by atoms with E-state index in [0.29, 0.717) is 17.9 Å². The molecule has 1 aliphatic heterocycles. The van der Waals surface area contributed by atoms with Crippen LogP contribution < -0.4 is 15.4 Å². The first kappa shape index (κ1) is 13.6. The van der Waals surface area contributed by atoms with Crippen LogP contribution in [0.1, 0.15) is 11.1 Å². The molecule has 0 aliphatic carbocycles. The fourth-order valence-corrected chi connectivity index (χ4v) is 2.44. The van der Waals surface area contributed by atoms with E-state index in [1.807, 2.05) is 24.3 Å². The lowest BCUT2D eigenvalue weighted by Crippen LogP contribution is -2.38. The number of hydrogen-bond donors (Lipinski definition) is 1. The highest BCUT2D eigenvalue weighted by Crippen LogP contribution is 2.32. The van der Waals surface area contributed by atoms with Gasteiger partial charge in [-0.15, -0.1) is 0 Å². The maximum atomic E-state index is 13.3. The molecule has 2 N–H and O–H groups in total. The van der Waals surface area contributed by atoms with Crippen LogP contribution in [0.2, 0.25) is 0 Å².